The summed E-state index contributed by atoms with van der Waals surface area (Å²) in [7, 11) is 0. The number of halogens is 2. The zero-order valence-corrected chi connectivity index (χ0v) is 12.2. The van der Waals surface area contributed by atoms with E-state index in [1.165, 1.54) is 0 Å². The Hall–Kier alpha value is -1.29. The first-order chi connectivity index (χ1) is 9.15. The molecule has 2 nitrogen and oxygen atoms in total. The summed E-state index contributed by atoms with van der Waals surface area (Å²) in [6, 6.07) is 13.3. The number of aliphatic hydroxyl groups is 1. The van der Waals surface area contributed by atoms with Crippen LogP contribution in [0, 0.1) is 0 Å². The van der Waals surface area contributed by atoms with E-state index in [1.54, 1.807) is 6.07 Å². The van der Waals surface area contributed by atoms with Crippen molar-refractivity contribution >= 4 is 38.4 Å². The van der Waals surface area contributed by atoms with Gasteiger partial charge in [0.25, 0.3) is 0 Å². The van der Waals surface area contributed by atoms with Crippen LogP contribution in [0.15, 0.2) is 53.1 Å². The monoisotopic (exact) mass is 335 g/mol. The van der Waals surface area contributed by atoms with Crippen LogP contribution in [0.1, 0.15) is 17.2 Å². The molecule has 0 fully saturated rings. The summed E-state index contributed by atoms with van der Waals surface area (Å²) in [4.78, 5) is 3.13. The summed E-state index contributed by atoms with van der Waals surface area (Å²) in [5, 5.41) is 12.1. The number of aromatic nitrogens is 1. The maximum Gasteiger partial charge on any atom is 0.106 e. The first kappa shape index (κ1) is 12.7. The zero-order valence-electron chi connectivity index (χ0n) is 9.90. The Kier molecular flexibility index (Phi) is 3.35. The van der Waals surface area contributed by atoms with Crippen LogP contribution in [0.25, 0.3) is 10.9 Å². The van der Waals surface area contributed by atoms with Crippen molar-refractivity contribution in [3.05, 3.63) is 69.3 Å². The summed E-state index contributed by atoms with van der Waals surface area (Å²) in [5.74, 6) is 0. The molecule has 0 aliphatic rings. The van der Waals surface area contributed by atoms with Crippen molar-refractivity contribution in [1.82, 2.24) is 4.98 Å². The lowest BCUT2D eigenvalue weighted by atomic mass is 10.0. The van der Waals surface area contributed by atoms with Crippen molar-refractivity contribution in [2.45, 2.75) is 6.10 Å². The highest BCUT2D eigenvalue weighted by Gasteiger charge is 2.14. The van der Waals surface area contributed by atoms with Crippen molar-refractivity contribution in [1.29, 1.82) is 0 Å². The Balaban J connectivity index is 2.04. The molecule has 1 aromatic heterocycles. The topological polar surface area (TPSA) is 36.0 Å². The van der Waals surface area contributed by atoms with Gasteiger partial charge < -0.3 is 10.1 Å². The molecule has 0 saturated heterocycles. The fourth-order valence-electron chi connectivity index (χ4n) is 2.14. The zero-order chi connectivity index (χ0) is 13.4. The third kappa shape index (κ3) is 2.41. The molecular formula is C15H11BrClNO. The molecule has 0 aliphatic heterocycles. The van der Waals surface area contributed by atoms with E-state index in [0.29, 0.717) is 10.6 Å². The quantitative estimate of drug-likeness (QED) is 0.701. The van der Waals surface area contributed by atoms with Crippen molar-refractivity contribution in [3.8, 4) is 0 Å². The Labute approximate surface area is 124 Å². The molecule has 0 spiro atoms. The second-order valence-electron chi connectivity index (χ2n) is 4.39. The summed E-state index contributed by atoms with van der Waals surface area (Å²) >= 11 is 9.53. The molecule has 0 aliphatic carbocycles. The van der Waals surface area contributed by atoms with E-state index in [4.69, 9.17) is 11.6 Å². The largest absolute Gasteiger partial charge is 0.384 e. The lowest BCUT2D eigenvalue weighted by Crippen LogP contribution is -2.00. The number of hydrogen-bond acceptors (Lipinski definition) is 1. The summed E-state index contributed by atoms with van der Waals surface area (Å²) in [5.41, 5.74) is 2.59. The van der Waals surface area contributed by atoms with Crippen LogP contribution in [0.3, 0.4) is 0 Å². The molecule has 19 heavy (non-hydrogen) atoms. The highest BCUT2D eigenvalue weighted by Crippen LogP contribution is 2.31. The predicted octanol–water partition coefficient (Wildman–Crippen LogP) is 4.67. The van der Waals surface area contributed by atoms with Crippen LogP contribution >= 0.6 is 27.5 Å². The summed E-state index contributed by atoms with van der Waals surface area (Å²) in [6.45, 7) is 0. The first-order valence-corrected chi connectivity index (χ1v) is 7.02. The van der Waals surface area contributed by atoms with Crippen LogP contribution in [0.2, 0.25) is 5.02 Å². The third-order valence-electron chi connectivity index (χ3n) is 3.15. The van der Waals surface area contributed by atoms with E-state index in [2.05, 4.69) is 20.9 Å². The molecule has 96 valence electrons. The number of benzene rings is 2. The average Bonchev–Trinajstić information content (AvgIpc) is 2.85. The predicted molar refractivity (Wildman–Crippen MR) is 81.5 cm³/mol. The summed E-state index contributed by atoms with van der Waals surface area (Å²) < 4.78 is 0.898. The van der Waals surface area contributed by atoms with E-state index in [1.807, 2.05) is 42.6 Å². The van der Waals surface area contributed by atoms with Crippen LogP contribution in [0.5, 0.6) is 0 Å². The van der Waals surface area contributed by atoms with Crippen molar-refractivity contribution in [3.63, 3.8) is 0 Å². The van der Waals surface area contributed by atoms with Gasteiger partial charge in [0, 0.05) is 26.8 Å². The molecular weight excluding hydrogens is 326 g/mol. The van der Waals surface area contributed by atoms with Gasteiger partial charge in [0.15, 0.2) is 0 Å². The molecule has 1 heterocycles. The van der Waals surface area contributed by atoms with Gasteiger partial charge in [-0.3, -0.25) is 0 Å². The molecule has 0 radical (unpaired) electrons. The lowest BCUT2D eigenvalue weighted by molar-refractivity contribution is 0.220. The second-order valence-corrected chi connectivity index (χ2v) is 5.72. The van der Waals surface area contributed by atoms with Gasteiger partial charge in [0.05, 0.1) is 0 Å². The minimum atomic E-state index is -0.722. The van der Waals surface area contributed by atoms with E-state index < -0.39 is 6.10 Å². The fourth-order valence-corrected chi connectivity index (χ4v) is 2.92. The minimum absolute atomic E-state index is 0.552. The maximum absolute atomic E-state index is 10.5. The molecule has 2 N–H and O–H groups in total. The molecule has 3 aromatic rings. The van der Waals surface area contributed by atoms with Crippen molar-refractivity contribution in [2.24, 2.45) is 0 Å². The Morgan fingerprint density at radius 1 is 1.11 bits per heavy atom. The third-order valence-corrected chi connectivity index (χ3v) is 3.97. The molecule has 4 heteroatoms. The van der Waals surface area contributed by atoms with Gasteiger partial charge in [-0.1, -0.05) is 39.7 Å². The molecule has 0 amide bonds. The van der Waals surface area contributed by atoms with Crippen LogP contribution in [-0.2, 0) is 0 Å². The second kappa shape index (κ2) is 5.00. The molecule has 0 saturated carbocycles. The first-order valence-electron chi connectivity index (χ1n) is 5.85. The number of fused-ring (bicyclic) bond motifs is 1. The van der Waals surface area contributed by atoms with E-state index in [9.17, 15) is 5.11 Å². The highest BCUT2D eigenvalue weighted by molar-refractivity contribution is 9.10. The Bertz CT molecular complexity index is 738. The number of rotatable bonds is 2. The number of hydrogen-bond donors (Lipinski definition) is 2. The van der Waals surface area contributed by atoms with Gasteiger partial charge in [-0.2, -0.15) is 0 Å². The smallest absolute Gasteiger partial charge is 0.106 e. The Morgan fingerprint density at radius 3 is 2.74 bits per heavy atom. The van der Waals surface area contributed by atoms with E-state index in [-0.39, 0.29) is 0 Å². The number of aromatic amines is 1. The molecule has 3 rings (SSSR count). The Morgan fingerprint density at radius 2 is 1.95 bits per heavy atom. The van der Waals surface area contributed by atoms with Crippen molar-refractivity contribution in [2.75, 3.05) is 0 Å². The fraction of sp³-hybridized carbons (Fsp3) is 0.0667. The van der Waals surface area contributed by atoms with Gasteiger partial charge in [-0.25, -0.2) is 0 Å². The number of nitrogens with one attached hydrogen (secondary N) is 1. The minimum Gasteiger partial charge on any atom is -0.384 e. The lowest BCUT2D eigenvalue weighted by Gasteiger charge is -2.13. The van der Waals surface area contributed by atoms with Crippen molar-refractivity contribution < 1.29 is 5.11 Å². The molecule has 1 atom stereocenters. The van der Waals surface area contributed by atoms with E-state index in [0.717, 1.165) is 20.9 Å². The van der Waals surface area contributed by atoms with Crippen LogP contribution in [-0.4, -0.2) is 10.1 Å². The standard InChI is InChI=1S/C15H11BrClNO/c16-11-2-3-12(13(17)8-11)15(19)10-1-4-14-9(7-10)5-6-18-14/h1-8,15,18-19H. The van der Waals surface area contributed by atoms with Gasteiger partial charge in [0.2, 0.25) is 0 Å². The number of H-pyrrole nitrogens is 1. The average molecular weight is 337 g/mol. The summed E-state index contributed by atoms with van der Waals surface area (Å²) in [6.07, 6.45) is 1.16. The highest BCUT2D eigenvalue weighted by atomic mass is 79.9. The molecule has 1 unspecified atom stereocenters. The molecule has 2 aromatic carbocycles. The maximum atomic E-state index is 10.5. The normalized spacial score (nSPS) is 12.8. The van der Waals surface area contributed by atoms with Gasteiger partial charge in [-0.05, 0) is 41.3 Å². The van der Waals surface area contributed by atoms with E-state index >= 15 is 0 Å². The van der Waals surface area contributed by atoms with Crippen LogP contribution in [0.4, 0.5) is 0 Å². The van der Waals surface area contributed by atoms with Crippen LogP contribution < -0.4 is 0 Å². The number of aliphatic hydroxyl groups excluding tert-OH is 1. The SMILES string of the molecule is OC(c1ccc2[nH]ccc2c1)c1ccc(Br)cc1Cl. The van der Waals surface area contributed by atoms with Gasteiger partial charge in [-0.15, -0.1) is 0 Å². The van der Waals surface area contributed by atoms with Gasteiger partial charge in [0.1, 0.15) is 6.10 Å². The molecule has 0 bridgehead atoms. The van der Waals surface area contributed by atoms with Gasteiger partial charge >= 0.3 is 0 Å².